The number of rotatable bonds is 10. The van der Waals surface area contributed by atoms with E-state index in [1.165, 1.54) is 0 Å². The Morgan fingerprint density at radius 3 is 2.10 bits per heavy atom. The molecule has 2 amide bonds. The maximum Gasteiger partial charge on any atom is 0.261 e. The van der Waals surface area contributed by atoms with Crippen LogP contribution in [0.3, 0.4) is 0 Å². The van der Waals surface area contributed by atoms with E-state index >= 15 is 0 Å². The first-order valence-corrected chi connectivity index (χ1v) is 11.1. The summed E-state index contributed by atoms with van der Waals surface area (Å²) in [6.07, 6.45) is 1.37. The molecule has 0 heterocycles. The smallest absolute Gasteiger partial charge is 0.261 e. The van der Waals surface area contributed by atoms with Crippen LogP contribution in [0.25, 0.3) is 0 Å². The SMILES string of the molecule is CC[C@@H](C)NC(=O)[C@@H](CC)N(Cc1ccc(C)cc1)C(=O)COc1cc(C)cc(C)c1. The summed E-state index contributed by atoms with van der Waals surface area (Å²) in [6.45, 7) is 12.2. The average Bonchev–Trinajstić information content (AvgIpc) is 2.72. The maximum absolute atomic E-state index is 13.2. The molecule has 0 aliphatic heterocycles. The fourth-order valence-electron chi connectivity index (χ4n) is 3.50. The number of hydrogen-bond donors (Lipinski definition) is 1. The molecule has 2 atom stereocenters. The molecule has 0 bridgehead atoms. The number of benzene rings is 2. The molecule has 5 nitrogen and oxygen atoms in total. The van der Waals surface area contributed by atoms with Crippen LogP contribution in [0.1, 0.15) is 55.9 Å². The lowest BCUT2D eigenvalue weighted by atomic mass is 10.1. The molecule has 31 heavy (non-hydrogen) atoms. The van der Waals surface area contributed by atoms with E-state index in [0.717, 1.165) is 28.7 Å². The van der Waals surface area contributed by atoms with Gasteiger partial charge in [-0.05, 0) is 69.4 Å². The van der Waals surface area contributed by atoms with Crippen molar-refractivity contribution in [3.05, 3.63) is 64.7 Å². The molecule has 5 heteroatoms. The highest BCUT2D eigenvalue weighted by Gasteiger charge is 2.29. The Balaban J connectivity index is 2.22. The minimum Gasteiger partial charge on any atom is -0.484 e. The normalized spacial score (nSPS) is 12.7. The van der Waals surface area contributed by atoms with Crippen molar-refractivity contribution in [1.29, 1.82) is 0 Å². The summed E-state index contributed by atoms with van der Waals surface area (Å²) in [5.41, 5.74) is 4.30. The molecule has 168 valence electrons. The Labute approximate surface area is 186 Å². The number of carbonyl (C=O) groups excluding carboxylic acids is 2. The number of amides is 2. The van der Waals surface area contributed by atoms with E-state index in [1.54, 1.807) is 4.90 Å². The molecule has 0 fully saturated rings. The number of aryl methyl sites for hydroxylation is 3. The van der Waals surface area contributed by atoms with Crippen LogP contribution in [-0.2, 0) is 16.1 Å². The van der Waals surface area contributed by atoms with Gasteiger partial charge in [0, 0.05) is 12.6 Å². The lowest BCUT2D eigenvalue weighted by Gasteiger charge is -2.31. The fourth-order valence-corrected chi connectivity index (χ4v) is 3.50. The summed E-state index contributed by atoms with van der Waals surface area (Å²) in [4.78, 5) is 27.8. The molecule has 1 N–H and O–H groups in total. The van der Waals surface area contributed by atoms with Gasteiger partial charge in [0.05, 0.1) is 0 Å². The van der Waals surface area contributed by atoms with Crippen molar-refractivity contribution in [2.75, 3.05) is 6.61 Å². The summed E-state index contributed by atoms with van der Waals surface area (Å²) in [7, 11) is 0. The minimum atomic E-state index is -0.550. The van der Waals surface area contributed by atoms with E-state index in [2.05, 4.69) is 11.4 Å². The fraction of sp³-hybridized carbons (Fsp3) is 0.462. The zero-order chi connectivity index (χ0) is 23.0. The predicted molar refractivity (Wildman–Crippen MR) is 125 cm³/mol. The summed E-state index contributed by atoms with van der Waals surface area (Å²) in [5.74, 6) is 0.341. The second-order valence-corrected chi connectivity index (χ2v) is 8.36. The largest absolute Gasteiger partial charge is 0.484 e. The molecule has 0 radical (unpaired) electrons. The molecule has 0 spiro atoms. The third-order valence-electron chi connectivity index (χ3n) is 5.42. The molecule has 0 aromatic heterocycles. The monoisotopic (exact) mass is 424 g/mol. The van der Waals surface area contributed by atoms with Gasteiger partial charge in [0.15, 0.2) is 6.61 Å². The van der Waals surface area contributed by atoms with Gasteiger partial charge < -0.3 is 15.0 Å². The third kappa shape index (κ3) is 7.42. The number of ether oxygens (including phenoxy) is 1. The summed E-state index contributed by atoms with van der Waals surface area (Å²) in [6, 6.07) is 13.4. The highest BCUT2D eigenvalue weighted by Crippen LogP contribution is 2.18. The van der Waals surface area contributed by atoms with Gasteiger partial charge in [0.2, 0.25) is 5.91 Å². The van der Waals surface area contributed by atoms with Crippen molar-refractivity contribution in [3.63, 3.8) is 0 Å². The Hall–Kier alpha value is -2.82. The van der Waals surface area contributed by atoms with Crippen molar-refractivity contribution < 1.29 is 14.3 Å². The van der Waals surface area contributed by atoms with Gasteiger partial charge in [-0.15, -0.1) is 0 Å². The Kier molecular flexibility index (Phi) is 9.10. The Morgan fingerprint density at radius 1 is 0.935 bits per heavy atom. The number of carbonyl (C=O) groups is 2. The lowest BCUT2D eigenvalue weighted by Crippen LogP contribution is -2.51. The first-order chi connectivity index (χ1) is 14.7. The average molecular weight is 425 g/mol. The van der Waals surface area contributed by atoms with E-state index in [1.807, 2.05) is 77.9 Å². The van der Waals surface area contributed by atoms with Gasteiger partial charge in [0.25, 0.3) is 5.91 Å². The molecule has 2 aromatic rings. The molecule has 0 aliphatic rings. The van der Waals surface area contributed by atoms with Crippen LogP contribution in [0.5, 0.6) is 5.75 Å². The number of nitrogens with one attached hydrogen (secondary N) is 1. The maximum atomic E-state index is 13.2. The van der Waals surface area contributed by atoms with E-state index in [-0.39, 0.29) is 24.5 Å². The first kappa shape index (κ1) is 24.4. The van der Waals surface area contributed by atoms with E-state index < -0.39 is 6.04 Å². The minimum absolute atomic E-state index is 0.0596. The van der Waals surface area contributed by atoms with Crippen LogP contribution in [0.4, 0.5) is 0 Å². The second kappa shape index (κ2) is 11.5. The van der Waals surface area contributed by atoms with Gasteiger partial charge in [-0.25, -0.2) is 0 Å². The van der Waals surface area contributed by atoms with Crippen molar-refractivity contribution in [3.8, 4) is 5.75 Å². The lowest BCUT2D eigenvalue weighted by molar-refractivity contribution is -0.143. The molecule has 0 saturated carbocycles. The molecule has 0 saturated heterocycles. The Bertz CT molecular complexity index is 856. The van der Waals surface area contributed by atoms with E-state index in [0.29, 0.717) is 18.7 Å². The van der Waals surface area contributed by atoms with Crippen molar-refractivity contribution in [2.45, 2.75) is 73.0 Å². The van der Waals surface area contributed by atoms with Crippen LogP contribution in [0.2, 0.25) is 0 Å². The standard InChI is InChI=1S/C26H36N2O3/c1-7-21(6)27-26(30)24(8-2)28(16-22-11-9-18(3)10-12-22)25(29)17-31-23-14-19(4)13-20(5)15-23/h9-15,21,24H,7-8,16-17H2,1-6H3,(H,27,30)/t21-,24-/m1/s1. The number of nitrogens with zero attached hydrogens (tertiary/aromatic N) is 1. The predicted octanol–water partition coefficient (Wildman–Crippen LogP) is 4.71. The van der Waals surface area contributed by atoms with Gasteiger partial charge in [-0.2, -0.15) is 0 Å². The molecule has 2 aromatic carbocycles. The van der Waals surface area contributed by atoms with Crippen LogP contribution in [0, 0.1) is 20.8 Å². The highest BCUT2D eigenvalue weighted by atomic mass is 16.5. The van der Waals surface area contributed by atoms with Crippen LogP contribution in [-0.4, -0.2) is 35.4 Å². The molecule has 0 unspecified atom stereocenters. The third-order valence-corrected chi connectivity index (χ3v) is 5.42. The summed E-state index contributed by atoms with van der Waals surface area (Å²) >= 11 is 0. The zero-order valence-electron chi connectivity index (χ0n) is 19.7. The quantitative estimate of drug-likeness (QED) is 0.601. The number of hydrogen-bond acceptors (Lipinski definition) is 3. The van der Waals surface area contributed by atoms with Gasteiger partial charge in [0.1, 0.15) is 11.8 Å². The molecule has 2 rings (SSSR count). The Morgan fingerprint density at radius 2 is 1.55 bits per heavy atom. The van der Waals surface area contributed by atoms with Crippen LogP contribution in [0.15, 0.2) is 42.5 Å². The zero-order valence-corrected chi connectivity index (χ0v) is 19.7. The molecular weight excluding hydrogens is 388 g/mol. The van der Waals surface area contributed by atoms with Crippen LogP contribution < -0.4 is 10.1 Å². The topological polar surface area (TPSA) is 58.6 Å². The van der Waals surface area contributed by atoms with E-state index in [4.69, 9.17) is 4.74 Å². The summed E-state index contributed by atoms with van der Waals surface area (Å²) < 4.78 is 5.82. The first-order valence-electron chi connectivity index (χ1n) is 11.1. The summed E-state index contributed by atoms with van der Waals surface area (Å²) in [5, 5.41) is 3.03. The van der Waals surface area contributed by atoms with Crippen molar-refractivity contribution >= 4 is 11.8 Å². The van der Waals surface area contributed by atoms with Crippen molar-refractivity contribution in [1.82, 2.24) is 10.2 Å². The van der Waals surface area contributed by atoms with Gasteiger partial charge >= 0.3 is 0 Å². The second-order valence-electron chi connectivity index (χ2n) is 8.36. The van der Waals surface area contributed by atoms with Gasteiger partial charge in [-0.3, -0.25) is 9.59 Å². The van der Waals surface area contributed by atoms with E-state index in [9.17, 15) is 9.59 Å². The van der Waals surface area contributed by atoms with Crippen LogP contribution >= 0.6 is 0 Å². The highest BCUT2D eigenvalue weighted by molar-refractivity contribution is 5.88. The van der Waals surface area contributed by atoms with Crippen molar-refractivity contribution in [2.24, 2.45) is 0 Å². The van der Waals surface area contributed by atoms with Gasteiger partial charge in [-0.1, -0.05) is 49.7 Å². The molecule has 0 aliphatic carbocycles. The molecular formula is C26H36N2O3.